The Bertz CT molecular complexity index is 598. The molecule has 1 aliphatic rings. The maximum Gasteiger partial charge on any atom is 0.325 e. The third kappa shape index (κ3) is 3.39. The van der Waals surface area contributed by atoms with E-state index >= 15 is 0 Å². The lowest BCUT2D eigenvalue weighted by Gasteiger charge is -2.11. The molecule has 1 aromatic rings. The number of methoxy groups -OCH3 is 1. The second-order valence-electron chi connectivity index (χ2n) is 3.90. The van der Waals surface area contributed by atoms with E-state index in [2.05, 4.69) is 4.74 Å². The van der Waals surface area contributed by atoms with Gasteiger partial charge in [0.15, 0.2) is 0 Å². The molecular weight excluding hydrogens is 318 g/mol. The smallest absolute Gasteiger partial charge is 0.325 e. The SMILES string of the molecule is COC(=O)CN1C(=O)/C(=C\c2ccc(Cl)cc2)SC1=S. The monoisotopic (exact) mass is 327 g/mol. The van der Waals surface area contributed by atoms with E-state index in [4.69, 9.17) is 23.8 Å². The van der Waals surface area contributed by atoms with Crippen molar-refractivity contribution in [1.29, 1.82) is 0 Å². The van der Waals surface area contributed by atoms with Crippen LogP contribution < -0.4 is 0 Å². The molecule has 4 nitrogen and oxygen atoms in total. The van der Waals surface area contributed by atoms with Gasteiger partial charge in [0.05, 0.1) is 12.0 Å². The number of esters is 1. The van der Waals surface area contributed by atoms with Gasteiger partial charge in [0, 0.05) is 5.02 Å². The Morgan fingerprint density at radius 2 is 2.10 bits per heavy atom. The summed E-state index contributed by atoms with van der Waals surface area (Å²) in [5.74, 6) is -0.797. The Balaban J connectivity index is 2.19. The molecule has 1 fully saturated rings. The van der Waals surface area contributed by atoms with Gasteiger partial charge in [0.2, 0.25) is 0 Å². The Morgan fingerprint density at radius 1 is 1.45 bits per heavy atom. The number of ether oxygens (including phenoxy) is 1. The van der Waals surface area contributed by atoms with Crippen molar-refractivity contribution in [2.75, 3.05) is 13.7 Å². The number of amides is 1. The van der Waals surface area contributed by atoms with Gasteiger partial charge < -0.3 is 4.74 Å². The number of nitrogens with zero attached hydrogens (tertiary/aromatic N) is 1. The third-order valence-corrected chi connectivity index (χ3v) is 4.19. The molecule has 20 heavy (non-hydrogen) atoms. The van der Waals surface area contributed by atoms with Crippen molar-refractivity contribution in [2.45, 2.75) is 0 Å². The van der Waals surface area contributed by atoms with Crippen molar-refractivity contribution in [2.24, 2.45) is 0 Å². The predicted octanol–water partition coefficient (Wildman–Crippen LogP) is 2.71. The first-order valence-corrected chi connectivity index (χ1v) is 7.19. The molecule has 0 spiro atoms. The standard InChI is InChI=1S/C13H10ClNO3S2/c1-18-11(16)7-15-12(17)10(20-13(15)19)6-8-2-4-9(14)5-3-8/h2-6H,7H2,1H3/b10-6+. The molecule has 1 amide bonds. The molecule has 0 aromatic heterocycles. The van der Waals surface area contributed by atoms with Crippen molar-refractivity contribution in [3.63, 3.8) is 0 Å². The summed E-state index contributed by atoms with van der Waals surface area (Å²) < 4.78 is 4.89. The van der Waals surface area contributed by atoms with E-state index in [1.54, 1.807) is 30.3 Å². The lowest BCUT2D eigenvalue weighted by molar-refractivity contribution is -0.143. The maximum absolute atomic E-state index is 12.2. The number of hydrogen-bond donors (Lipinski definition) is 0. The molecule has 104 valence electrons. The summed E-state index contributed by atoms with van der Waals surface area (Å²) in [6.45, 7) is -0.168. The Hall–Kier alpha value is -1.37. The van der Waals surface area contributed by atoms with E-state index < -0.39 is 5.97 Å². The van der Waals surface area contributed by atoms with Crippen LogP contribution in [0.25, 0.3) is 6.08 Å². The quantitative estimate of drug-likeness (QED) is 0.485. The van der Waals surface area contributed by atoms with Crippen LogP contribution >= 0.6 is 35.6 Å². The molecule has 2 rings (SSSR count). The normalized spacial score (nSPS) is 16.9. The summed E-state index contributed by atoms with van der Waals surface area (Å²) in [5, 5.41) is 0.625. The Morgan fingerprint density at radius 3 is 2.70 bits per heavy atom. The van der Waals surface area contributed by atoms with Crippen LogP contribution in [0.1, 0.15) is 5.56 Å². The van der Waals surface area contributed by atoms with E-state index in [0.29, 0.717) is 14.2 Å². The number of hydrogen-bond acceptors (Lipinski definition) is 5. The second-order valence-corrected chi connectivity index (χ2v) is 6.01. The topological polar surface area (TPSA) is 46.6 Å². The van der Waals surface area contributed by atoms with Crippen LogP contribution in [0.5, 0.6) is 0 Å². The Kier molecular flexibility index (Phi) is 4.80. The maximum atomic E-state index is 12.2. The molecule has 0 aliphatic carbocycles. The molecule has 7 heteroatoms. The predicted molar refractivity (Wildman–Crippen MR) is 83.3 cm³/mol. The van der Waals surface area contributed by atoms with Gasteiger partial charge in [-0.1, -0.05) is 47.7 Å². The van der Waals surface area contributed by atoms with Gasteiger partial charge in [-0.3, -0.25) is 14.5 Å². The van der Waals surface area contributed by atoms with Crippen LogP contribution in [0.15, 0.2) is 29.2 Å². The number of rotatable bonds is 3. The first-order valence-electron chi connectivity index (χ1n) is 5.59. The zero-order valence-corrected chi connectivity index (χ0v) is 12.8. The molecule has 0 saturated carbocycles. The van der Waals surface area contributed by atoms with E-state index in [0.717, 1.165) is 17.3 Å². The average Bonchev–Trinajstić information content (AvgIpc) is 2.69. The minimum Gasteiger partial charge on any atom is -0.468 e. The van der Waals surface area contributed by atoms with Gasteiger partial charge in [0.1, 0.15) is 10.9 Å². The average molecular weight is 328 g/mol. The molecule has 0 N–H and O–H groups in total. The van der Waals surface area contributed by atoms with Crippen LogP contribution in [0.3, 0.4) is 0 Å². The molecule has 1 aromatic carbocycles. The van der Waals surface area contributed by atoms with Gasteiger partial charge in [-0.2, -0.15) is 0 Å². The summed E-state index contributed by atoms with van der Waals surface area (Å²) in [4.78, 5) is 25.1. The highest BCUT2D eigenvalue weighted by atomic mass is 35.5. The van der Waals surface area contributed by atoms with Crippen molar-refractivity contribution >= 4 is 57.9 Å². The van der Waals surface area contributed by atoms with Crippen LogP contribution in [0, 0.1) is 0 Å². The first-order chi connectivity index (χ1) is 9.51. The second kappa shape index (κ2) is 6.39. The zero-order valence-electron chi connectivity index (χ0n) is 10.5. The van der Waals surface area contributed by atoms with Gasteiger partial charge in [-0.05, 0) is 23.8 Å². The van der Waals surface area contributed by atoms with Crippen molar-refractivity contribution in [1.82, 2.24) is 4.90 Å². The number of thioether (sulfide) groups is 1. The minimum atomic E-state index is -0.506. The highest BCUT2D eigenvalue weighted by Gasteiger charge is 2.33. The lowest BCUT2D eigenvalue weighted by Crippen LogP contribution is -2.33. The largest absolute Gasteiger partial charge is 0.468 e. The van der Waals surface area contributed by atoms with Crippen LogP contribution in [0.4, 0.5) is 0 Å². The lowest BCUT2D eigenvalue weighted by atomic mass is 10.2. The van der Waals surface area contributed by atoms with Gasteiger partial charge in [-0.25, -0.2) is 0 Å². The van der Waals surface area contributed by atoms with E-state index in [1.165, 1.54) is 12.0 Å². The first kappa shape index (κ1) is 15.0. The highest BCUT2D eigenvalue weighted by Crippen LogP contribution is 2.32. The molecule has 0 bridgehead atoms. The van der Waals surface area contributed by atoms with Crippen molar-refractivity contribution < 1.29 is 14.3 Å². The summed E-state index contributed by atoms with van der Waals surface area (Å²) in [6.07, 6.45) is 1.72. The number of carbonyl (C=O) groups is 2. The third-order valence-electron chi connectivity index (χ3n) is 2.56. The molecule has 0 atom stereocenters. The van der Waals surface area contributed by atoms with E-state index in [1.807, 2.05) is 0 Å². The van der Waals surface area contributed by atoms with Gasteiger partial charge in [-0.15, -0.1) is 0 Å². The zero-order chi connectivity index (χ0) is 14.7. The molecular formula is C13H10ClNO3S2. The number of halogens is 1. The molecule has 0 radical (unpaired) electrons. The van der Waals surface area contributed by atoms with Gasteiger partial charge in [0.25, 0.3) is 5.91 Å². The molecule has 1 aliphatic heterocycles. The van der Waals surface area contributed by atoms with E-state index in [-0.39, 0.29) is 12.5 Å². The summed E-state index contributed by atoms with van der Waals surface area (Å²) in [5.41, 5.74) is 0.841. The molecule has 1 saturated heterocycles. The Labute approximate surface area is 130 Å². The summed E-state index contributed by atoms with van der Waals surface area (Å²) >= 11 is 12.1. The fraction of sp³-hybridized carbons (Fsp3) is 0.154. The summed E-state index contributed by atoms with van der Waals surface area (Å²) in [6, 6.07) is 7.08. The van der Waals surface area contributed by atoms with Crippen molar-refractivity contribution in [3.8, 4) is 0 Å². The summed E-state index contributed by atoms with van der Waals surface area (Å²) in [7, 11) is 1.27. The van der Waals surface area contributed by atoms with Crippen molar-refractivity contribution in [3.05, 3.63) is 39.8 Å². The molecule has 1 heterocycles. The van der Waals surface area contributed by atoms with E-state index in [9.17, 15) is 9.59 Å². The fourth-order valence-electron chi connectivity index (χ4n) is 1.54. The van der Waals surface area contributed by atoms with Crippen LogP contribution in [-0.4, -0.2) is 34.8 Å². The van der Waals surface area contributed by atoms with Gasteiger partial charge >= 0.3 is 5.97 Å². The number of carbonyl (C=O) groups excluding carboxylic acids is 2. The number of benzene rings is 1. The van der Waals surface area contributed by atoms with Crippen LogP contribution in [-0.2, 0) is 14.3 Å². The fourth-order valence-corrected chi connectivity index (χ4v) is 2.92. The minimum absolute atomic E-state index is 0.168. The highest BCUT2D eigenvalue weighted by molar-refractivity contribution is 8.26. The molecule has 0 unspecified atom stereocenters. The van der Waals surface area contributed by atoms with Crippen LogP contribution in [0.2, 0.25) is 5.02 Å². The number of thiocarbonyl (C=S) groups is 1.